The number of carboxylic acids is 1. The molecule has 4 N–H and O–H groups in total. The van der Waals surface area contributed by atoms with E-state index in [0.717, 1.165) is 0 Å². The van der Waals surface area contributed by atoms with E-state index in [4.69, 9.17) is 10.8 Å². The summed E-state index contributed by atoms with van der Waals surface area (Å²) in [5.41, 5.74) is 3.60. The molecule has 12 heavy (non-hydrogen) atoms. The topological polar surface area (TPSA) is 92.4 Å². The molecule has 0 spiro atoms. The minimum absolute atomic E-state index is 0.366. The number of primary amides is 1. The van der Waals surface area contributed by atoms with Crippen LogP contribution in [0, 0.1) is 0 Å². The number of hydrogen-bond acceptors (Lipinski definition) is 2. The summed E-state index contributed by atoms with van der Waals surface area (Å²) >= 11 is 0. The maximum absolute atomic E-state index is 10.7. The normalized spacial score (nSPS) is 14.8. The summed E-state index contributed by atoms with van der Waals surface area (Å²) in [6, 6.07) is -0.812. The Bertz CT molecular complexity index is 193. The van der Waals surface area contributed by atoms with Gasteiger partial charge in [0.1, 0.15) is 5.54 Å². The van der Waals surface area contributed by atoms with Gasteiger partial charge in [-0.05, 0) is 13.3 Å². The highest BCUT2D eigenvalue weighted by atomic mass is 16.4. The summed E-state index contributed by atoms with van der Waals surface area (Å²) in [5, 5.41) is 10.9. The molecule has 0 aromatic heterocycles. The first-order valence-electron chi connectivity index (χ1n) is 3.73. The number of carbonyl (C=O) groups excluding carboxylic acids is 1. The number of carbonyl (C=O) groups is 2. The Labute approximate surface area is 70.9 Å². The van der Waals surface area contributed by atoms with Gasteiger partial charge in [-0.2, -0.15) is 0 Å². The van der Waals surface area contributed by atoms with Crippen LogP contribution in [0.1, 0.15) is 26.7 Å². The highest BCUT2D eigenvalue weighted by Gasteiger charge is 2.32. The minimum atomic E-state index is -1.24. The first-order chi connectivity index (χ1) is 5.42. The van der Waals surface area contributed by atoms with Crippen LogP contribution in [0.3, 0.4) is 0 Å². The molecule has 0 aromatic carbocycles. The van der Waals surface area contributed by atoms with Crippen LogP contribution in [0.15, 0.2) is 0 Å². The van der Waals surface area contributed by atoms with Gasteiger partial charge in [0.15, 0.2) is 0 Å². The van der Waals surface area contributed by atoms with Crippen LogP contribution in [-0.2, 0) is 4.79 Å². The average molecular weight is 174 g/mol. The number of amides is 2. The summed E-state index contributed by atoms with van der Waals surface area (Å²) in [7, 11) is 0. The predicted octanol–water partition coefficient (Wildman–Crippen LogP) is 0.298. The first kappa shape index (κ1) is 10.7. The number of aliphatic carboxylic acids is 1. The van der Waals surface area contributed by atoms with Crippen LogP contribution in [0.5, 0.6) is 0 Å². The molecule has 0 fully saturated rings. The Morgan fingerprint density at radius 3 is 2.33 bits per heavy atom. The molecular formula is C7H14N2O3. The third kappa shape index (κ3) is 2.77. The quantitative estimate of drug-likeness (QED) is 0.572. The van der Waals surface area contributed by atoms with Crippen LogP contribution in [0.4, 0.5) is 4.79 Å². The predicted molar refractivity (Wildman–Crippen MR) is 43.7 cm³/mol. The number of urea groups is 1. The Morgan fingerprint density at radius 1 is 1.58 bits per heavy atom. The zero-order valence-electron chi connectivity index (χ0n) is 7.26. The molecule has 2 amide bonds. The van der Waals surface area contributed by atoms with E-state index in [9.17, 15) is 9.59 Å². The van der Waals surface area contributed by atoms with Gasteiger partial charge in [-0.25, -0.2) is 9.59 Å². The summed E-state index contributed by atoms with van der Waals surface area (Å²) in [5.74, 6) is -1.07. The molecule has 0 radical (unpaired) electrons. The molecule has 0 aliphatic rings. The zero-order chi connectivity index (χ0) is 9.78. The Balaban J connectivity index is 4.38. The van der Waals surface area contributed by atoms with Gasteiger partial charge in [0, 0.05) is 0 Å². The lowest BCUT2D eigenvalue weighted by Crippen LogP contribution is -2.53. The third-order valence-corrected chi connectivity index (χ3v) is 1.62. The number of nitrogens with two attached hydrogens (primary N) is 1. The van der Waals surface area contributed by atoms with Crippen molar-refractivity contribution in [2.75, 3.05) is 0 Å². The summed E-state index contributed by atoms with van der Waals surface area (Å²) in [4.78, 5) is 21.1. The van der Waals surface area contributed by atoms with Crippen LogP contribution in [-0.4, -0.2) is 22.6 Å². The molecule has 1 unspecified atom stereocenters. The van der Waals surface area contributed by atoms with Gasteiger partial charge >= 0.3 is 12.0 Å². The van der Waals surface area contributed by atoms with Crippen LogP contribution < -0.4 is 11.1 Å². The second-order valence-electron chi connectivity index (χ2n) is 2.88. The van der Waals surface area contributed by atoms with Gasteiger partial charge in [-0.1, -0.05) is 13.3 Å². The second-order valence-corrected chi connectivity index (χ2v) is 2.88. The molecule has 0 heterocycles. The van der Waals surface area contributed by atoms with Crippen molar-refractivity contribution in [1.29, 1.82) is 0 Å². The molecular weight excluding hydrogens is 160 g/mol. The summed E-state index contributed by atoms with van der Waals surface area (Å²) < 4.78 is 0. The first-order valence-corrected chi connectivity index (χ1v) is 3.73. The van der Waals surface area contributed by atoms with Crippen molar-refractivity contribution in [2.45, 2.75) is 32.2 Å². The van der Waals surface area contributed by atoms with E-state index in [2.05, 4.69) is 5.32 Å². The lowest BCUT2D eigenvalue weighted by Gasteiger charge is -2.24. The van der Waals surface area contributed by atoms with Crippen molar-refractivity contribution in [2.24, 2.45) is 5.73 Å². The monoisotopic (exact) mass is 174 g/mol. The number of nitrogens with one attached hydrogen (secondary N) is 1. The molecule has 0 rings (SSSR count). The van der Waals surface area contributed by atoms with E-state index < -0.39 is 17.5 Å². The largest absolute Gasteiger partial charge is 0.480 e. The number of rotatable bonds is 4. The van der Waals surface area contributed by atoms with Crippen LogP contribution in [0.25, 0.3) is 0 Å². The SMILES string of the molecule is CCCC(C)(NC(N)=O)C(=O)O. The van der Waals surface area contributed by atoms with Gasteiger partial charge in [0.2, 0.25) is 0 Å². The van der Waals surface area contributed by atoms with Crippen molar-refractivity contribution < 1.29 is 14.7 Å². The molecule has 0 saturated heterocycles. The maximum Gasteiger partial charge on any atom is 0.329 e. The summed E-state index contributed by atoms with van der Waals surface area (Å²) in [6.07, 6.45) is 1.04. The van der Waals surface area contributed by atoms with Gasteiger partial charge in [-0.3, -0.25) is 0 Å². The minimum Gasteiger partial charge on any atom is -0.480 e. The second kappa shape index (κ2) is 3.94. The molecule has 0 aliphatic heterocycles. The smallest absolute Gasteiger partial charge is 0.329 e. The van der Waals surface area contributed by atoms with E-state index in [1.165, 1.54) is 6.92 Å². The fraction of sp³-hybridized carbons (Fsp3) is 0.714. The molecule has 0 aromatic rings. The van der Waals surface area contributed by atoms with E-state index in [0.29, 0.717) is 12.8 Å². The van der Waals surface area contributed by atoms with E-state index in [1.807, 2.05) is 6.92 Å². The van der Waals surface area contributed by atoms with Crippen molar-refractivity contribution in [3.05, 3.63) is 0 Å². The molecule has 5 nitrogen and oxygen atoms in total. The van der Waals surface area contributed by atoms with E-state index >= 15 is 0 Å². The van der Waals surface area contributed by atoms with Crippen molar-refractivity contribution in [3.63, 3.8) is 0 Å². The fourth-order valence-electron chi connectivity index (χ4n) is 0.995. The van der Waals surface area contributed by atoms with E-state index in [-0.39, 0.29) is 0 Å². The van der Waals surface area contributed by atoms with Gasteiger partial charge in [0.05, 0.1) is 0 Å². The Morgan fingerprint density at radius 2 is 2.08 bits per heavy atom. The van der Waals surface area contributed by atoms with E-state index in [1.54, 1.807) is 0 Å². The van der Waals surface area contributed by atoms with Gasteiger partial charge in [-0.15, -0.1) is 0 Å². The molecule has 5 heteroatoms. The van der Waals surface area contributed by atoms with Crippen molar-refractivity contribution in [3.8, 4) is 0 Å². The average Bonchev–Trinajstić information content (AvgIpc) is 1.85. The highest BCUT2D eigenvalue weighted by molar-refractivity contribution is 5.85. The van der Waals surface area contributed by atoms with Crippen LogP contribution >= 0.6 is 0 Å². The van der Waals surface area contributed by atoms with Crippen LogP contribution in [0.2, 0.25) is 0 Å². The zero-order valence-corrected chi connectivity index (χ0v) is 7.26. The third-order valence-electron chi connectivity index (χ3n) is 1.62. The Kier molecular flexibility index (Phi) is 3.53. The molecule has 0 aliphatic carbocycles. The number of hydrogen-bond donors (Lipinski definition) is 3. The maximum atomic E-state index is 10.7. The Hall–Kier alpha value is -1.26. The molecule has 0 bridgehead atoms. The lowest BCUT2D eigenvalue weighted by molar-refractivity contribution is -0.144. The van der Waals surface area contributed by atoms with Crippen molar-refractivity contribution in [1.82, 2.24) is 5.32 Å². The standard InChI is InChI=1S/C7H14N2O3/c1-3-4-7(2,5(10)11)9-6(8)12/h3-4H2,1-2H3,(H,10,11)(H3,8,9,12). The molecule has 70 valence electrons. The van der Waals surface area contributed by atoms with Gasteiger partial charge in [0.25, 0.3) is 0 Å². The molecule has 1 atom stereocenters. The lowest BCUT2D eigenvalue weighted by atomic mass is 9.97. The van der Waals surface area contributed by atoms with Crippen molar-refractivity contribution >= 4 is 12.0 Å². The number of carboxylic acid groups (broad SMARTS) is 1. The summed E-state index contributed by atoms with van der Waals surface area (Å²) in [6.45, 7) is 3.27. The highest BCUT2D eigenvalue weighted by Crippen LogP contribution is 2.11. The fourth-order valence-corrected chi connectivity index (χ4v) is 0.995. The molecule has 0 saturated carbocycles. The van der Waals surface area contributed by atoms with Gasteiger partial charge < -0.3 is 16.2 Å².